The molecule has 2 nitrogen and oxygen atoms in total. The number of hydrogen-bond acceptors (Lipinski definition) is 2. The second kappa shape index (κ2) is 3.93. The fraction of sp³-hybridized carbons (Fsp3) is 0.111. The summed E-state index contributed by atoms with van der Waals surface area (Å²) in [5.41, 5.74) is 1.25. The van der Waals surface area contributed by atoms with Crippen molar-refractivity contribution in [1.82, 2.24) is 0 Å². The smallest absolute Gasteiger partial charge is 0.216 e. The van der Waals surface area contributed by atoms with Crippen molar-refractivity contribution in [2.45, 2.75) is 6.42 Å². The lowest BCUT2D eigenvalue weighted by atomic mass is 10.1. The fourth-order valence-corrected chi connectivity index (χ4v) is 1.19. The van der Waals surface area contributed by atoms with Crippen LogP contribution in [0.25, 0.3) is 0 Å². The molecule has 0 N–H and O–H groups in total. The monoisotopic (exact) mass is 177 g/mol. The summed E-state index contributed by atoms with van der Waals surface area (Å²) >= 11 is 3.70. The number of hydrogen-bond donors (Lipinski definition) is 1. The van der Waals surface area contributed by atoms with Gasteiger partial charge in [-0.05, 0) is 5.56 Å². The van der Waals surface area contributed by atoms with Crippen LogP contribution in [0.4, 0.5) is 0 Å². The van der Waals surface area contributed by atoms with Crippen molar-refractivity contribution in [3.8, 4) is 6.07 Å². The van der Waals surface area contributed by atoms with Crippen molar-refractivity contribution in [3.05, 3.63) is 35.4 Å². The molecule has 60 valence electrons. The number of benzene rings is 1. The molecule has 0 spiro atoms. The lowest BCUT2D eigenvalue weighted by molar-refractivity contribution is 0.109. The van der Waals surface area contributed by atoms with Crippen LogP contribution in [-0.2, 0) is 6.42 Å². The van der Waals surface area contributed by atoms with Crippen molar-refractivity contribution in [1.29, 1.82) is 5.26 Å². The molecule has 0 fully saturated rings. The quantitative estimate of drug-likeness (QED) is 0.700. The van der Waals surface area contributed by atoms with Gasteiger partial charge in [-0.1, -0.05) is 24.3 Å². The van der Waals surface area contributed by atoms with E-state index in [0.717, 1.165) is 5.56 Å². The predicted octanol–water partition coefficient (Wildman–Crippen LogP) is 1.82. The van der Waals surface area contributed by atoms with Gasteiger partial charge in [-0.3, -0.25) is 4.79 Å². The first kappa shape index (κ1) is 8.82. The van der Waals surface area contributed by atoms with Crippen LogP contribution >= 0.6 is 12.6 Å². The maximum Gasteiger partial charge on any atom is 0.216 e. The number of nitriles is 1. The van der Waals surface area contributed by atoms with Crippen LogP contribution in [0.3, 0.4) is 0 Å². The van der Waals surface area contributed by atoms with E-state index in [1.54, 1.807) is 24.3 Å². The number of thiol groups is 1. The van der Waals surface area contributed by atoms with Gasteiger partial charge in [0.15, 0.2) is 0 Å². The van der Waals surface area contributed by atoms with Crippen molar-refractivity contribution in [2.24, 2.45) is 0 Å². The molecule has 0 saturated carbocycles. The highest BCUT2D eigenvalue weighted by molar-refractivity contribution is 7.97. The molecule has 3 heteroatoms. The highest BCUT2D eigenvalue weighted by Gasteiger charge is 2.05. The molecule has 0 aliphatic heterocycles. The van der Waals surface area contributed by atoms with Crippen LogP contribution in [0.15, 0.2) is 24.3 Å². The second-order valence-corrected chi connectivity index (χ2v) is 2.70. The van der Waals surface area contributed by atoms with E-state index in [9.17, 15) is 4.79 Å². The van der Waals surface area contributed by atoms with Crippen LogP contribution in [0.2, 0.25) is 0 Å². The molecule has 0 aromatic heterocycles. The van der Waals surface area contributed by atoms with Gasteiger partial charge in [0.05, 0.1) is 12.5 Å². The van der Waals surface area contributed by atoms with Gasteiger partial charge >= 0.3 is 0 Å². The Kier molecular flexibility index (Phi) is 2.89. The molecule has 1 rings (SSSR count). The van der Waals surface area contributed by atoms with Crippen LogP contribution in [0.5, 0.6) is 0 Å². The Morgan fingerprint density at radius 2 is 2.17 bits per heavy atom. The standard InChI is InChI=1S/C9H7NOS/c10-6-5-7-3-1-2-4-8(7)9(11)12/h1-4H,5H2,(H,11,12). The Labute approximate surface area is 76.2 Å². The predicted molar refractivity (Wildman–Crippen MR) is 49.1 cm³/mol. The van der Waals surface area contributed by atoms with Crippen molar-refractivity contribution < 1.29 is 4.79 Å². The van der Waals surface area contributed by atoms with Gasteiger partial charge in [0.25, 0.3) is 0 Å². The number of carbonyl (C=O) groups excluding carboxylic acids is 1. The van der Waals surface area contributed by atoms with Gasteiger partial charge in [0.2, 0.25) is 5.12 Å². The minimum Gasteiger partial charge on any atom is -0.282 e. The molecular formula is C9H7NOS. The molecule has 1 aromatic rings. The van der Waals surface area contributed by atoms with Crippen molar-refractivity contribution in [3.63, 3.8) is 0 Å². The zero-order chi connectivity index (χ0) is 8.97. The van der Waals surface area contributed by atoms with E-state index in [0.29, 0.717) is 5.56 Å². The van der Waals surface area contributed by atoms with Crippen molar-refractivity contribution in [2.75, 3.05) is 0 Å². The normalized spacial score (nSPS) is 9.00. The first-order chi connectivity index (χ1) is 5.75. The van der Waals surface area contributed by atoms with E-state index >= 15 is 0 Å². The molecule has 0 aliphatic carbocycles. The van der Waals surface area contributed by atoms with Gasteiger partial charge in [0, 0.05) is 5.56 Å². The second-order valence-electron chi connectivity index (χ2n) is 2.30. The van der Waals surface area contributed by atoms with E-state index < -0.39 is 0 Å². The molecule has 0 bridgehead atoms. The SMILES string of the molecule is N#CCc1ccccc1C(=O)S. The summed E-state index contributed by atoms with van der Waals surface area (Å²) in [5, 5.41) is 8.15. The van der Waals surface area contributed by atoms with E-state index in [1.165, 1.54) is 0 Å². The maximum absolute atomic E-state index is 10.9. The number of carbonyl (C=O) groups is 1. The van der Waals surface area contributed by atoms with Crippen LogP contribution in [-0.4, -0.2) is 5.12 Å². The fourth-order valence-electron chi connectivity index (χ4n) is 0.968. The molecule has 12 heavy (non-hydrogen) atoms. The minimum atomic E-state index is -0.291. The third kappa shape index (κ3) is 1.86. The summed E-state index contributed by atoms with van der Waals surface area (Å²) in [6, 6.07) is 8.97. The average Bonchev–Trinajstić information content (AvgIpc) is 2.05. The highest BCUT2D eigenvalue weighted by atomic mass is 32.1. The van der Waals surface area contributed by atoms with E-state index in [2.05, 4.69) is 12.6 Å². The van der Waals surface area contributed by atoms with Gasteiger partial charge in [-0.2, -0.15) is 5.26 Å². The lowest BCUT2D eigenvalue weighted by Gasteiger charge is -1.99. The maximum atomic E-state index is 10.9. The molecule has 0 amide bonds. The largest absolute Gasteiger partial charge is 0.282 e. The van der Waals surface area contributed by atoms with Crippen LogP contribution in [0.1, 0.15) is 15.9 Å². The van der Waals surface area contributed by atoms with Crippen LogP contribution < -0.4 is 0 Å². The Hall–Kier alpha value is -1.27. The molecule has 0 atom stereocenters. The van der Waals surface area contributed by atoms with Gasteiger partial charge < -0.3 is 0 Å². The molecule has 0 heterocycles. The molecule has 1 aromatic carbocycles. The Morgan fingerprint density at radius 3 is 2.75 bits per heavy atom. The van der Waals surface area contributed by atoms with Gasteiger partial charge in [-0.15, -0.1) is 12.6 Å². The molecule has 0 aliphatic rings. The van der Waals surface area contributed by atoms with Gasteiger partial charge in [-0.25, -0.2) is 0 Å². The summed E-state index contributed by atoms with van der Waals surface area (Å²) in [7, 11) is 0. The zero-order valence-electron chi connectivity index (χ0n) is 6.32. The Bertz CT molecular complexity index is 341. The summed E-state index contributed by atoms with van der Waals surface area (Å²) in [4.78, 5) is 10.9. The Morgan fingerprint density at radius 1 is 1.50 bits per heavy atom. The van der Waals surface area contributed by atoms with Crippen LogP contribution in [0, 0.1) is 11.3 Å². The first-order valence-corrected chi connectivity index (χ1v) is 3.88. The molecular weight excluding hydrogens is 170 g/mol. The third-order valence-electron chi connectivity index (χ3n) is 1.52. The van der Waals surface area contributed by atoms with E-state index in [1.807, 2.05) is 6.07 Å². The van der Waals surface area contributed by atoms with Crippen molar-refractivity contribution >= 4 is 17.7 Å². The zero-order valence-corrected chi connectivity index (χ0v) is 7.21. The molecule has 0 saturated heterocycles. The highest BCUT2D eigenvalue weighted by Crippen LogP contribution is 2.11. The summed E-state index contributed by atoms with van der Waals surface area (Å²) in [5.74, 6) is 0. The first-order valence-electron chi connectivity index (χ1n) is 3.44. The minimum absolute atomic E-state index is 0.252. The van der Waals surface area contributed by atoms with E-state index in [-0.39, 0.29) is 11.5 Å². The Balaban J connectivity index is 3.10. The molecule has 0 radical (unpaired) electrons. The average molecular weight is 177 g/mol. The van der Waals surface area contributed by atoms with E-state index in [4.69, 9.17) is 5.26 Å². The summed E-state index contributed by atoms with van der Waals surface area (Å²) < 4.78 is 0. The summed E-state index contributed by atoms with van der Waals surface area (Å²) in [6.45, 7) is 0. The third-order valence-corrected chi connectivity index (χ3v) is 1.76. The number of rotatable bonds is 2. The number of nitrogens with zero attached hydrogens (tertiary/aromatic N) is 1. The van der Waals surface area contributed by atoms with Gasteiger partial charge in [0.1, 0.15) is 0 Å². The molecule has 0 unspecified atom stereocenters. The topological polar surface area (TPSA) is 40.9 Å². The summed E-state index contributed by atoms with van der Waals surface area (Å²) in [6.07, 6.45) is 0.252. The lowest BCUT2D eigenvalue weighted by Crippen LogP contribution is -1.95.